The minimum atomic E-state index is -0.724. The fourth-order valence-corrected chi connectivity index (χ4v) is 2.00. The molecular weight excluding hydrogens is 258 g/mol. The Morgan fingerprint density at radius 1 is 1.60 bits per heavy atom. The third-order valence-corrected chi connectivity index (χ3v) is 2.85. The van der Waals surface area contributed by atoms with E-state index in [0.717, 1.165) is 0 Å². The van der Waals surface area contributed by atoms with Gasteiger partial charge in [0.1, 0.15) is 11.2 Å². The number of ether oxygens (including phenoxy) is 1. The van der Waals surface area contributed by atoms with Crippen molar-refractivity contribution in [1.82, 2.24) is 9.55 Å². The maximum Gasteiger partial charge on any atom is 0.345 e. The highest BCUT2D eigenvalue weighted by molar-refractivity contribution is 6.03. The first-order valence-corrected chi connectivity index (χ1v) is 6.16. The molecule has 0 saturated carbocycles. The SMILES string of the molecule is C=CCn1c(=O)c(C(=O)OCC)c(N)c2cccnc21. The second-order valence-corrected chi connectivity index (χ2v) is 4.09. The molecule has 2 aromatic rings. The summed E-state index contributed by atoms with van der Waals surface area (Å²) in [6, 6.07) is 3.40. The lowest BCUT2D eigenvalue weighted by Gasteiger charge is -2.12. The van der Waals surface area contributed by atoms with Crippen molar-refractivity contribution in [2.24, 2.45) is 0 Å². The number of nitrogens with two attached hydrogens (primary N) is 1. The molecule has 0 bridgehead atoms. The van der Waals surface area contributed by atoms with Crippen LogP contribution in [0.5, 0.6) is 0 Å². The van der Waals surface area contributed by atoms with Crippen LogP contribution in [0.1, 0.15) is 17.3 Å². The lowest BCUT2D eigenvalue weighted by molar-refractivity contribution is 0.0525. The quantitative estimate of drug-likeness (QED) is 0.671. The molecule has 0 unspecified atom stereocenters. The lowest BCUT2D eigenvalue weighted by atomic mass is 10.1. The molecule has 2 N–H and O–H groups in total. The Labute approximate surface area is 115 Å². The molecule has 104 valence electrons. The van der Waals surface area contributed by atoms with E-state index in [1.165, 1.54) is 4.57 Å². The van der Waals surface area contributed by atoms with Crippen molar-refractivity contribution >= 4 is 22.7 Å². The van der Waals surface area contributed by atoms with Crippen molar-refractivity contribution < 1.29 is 9.53 Å². The van der Waals surface area contributed by atoms with Gasteiger partial charge in [-0.05, 0) is 19.1 Å². The number of allylic oxidation sites excluding steroid dienone is 1. The minimum Gasteiger partial charge on any atom is -0.462 e. The Morgan fingerprint density at radius 2 is 2.35 bits per heavy atom. The van der Waals surface area contributed by atoms with Crippen LogP contribution in [0.25, 0.3) is 11.0 Å². The van der Waals surface area contributed by atoms with Gasteiger partial charge in [0.25, 0.3) is 5.56 Å². The zero-order valence-corrected chi connectivity index (χ0v) is 11.1. The van der Waals surface area contributed by atoms with Gasteiger partial charge in [0.15, 0.2) is 0 Å². The summed E-state index contributed by atoms with van der Waals surface area (Å²) >= 11 is 0. The molecule has 20 heavy (non-hydrogen) atoms. The number of carbonyl (C=O) groups excluding carboxylic acids is 1. The van der Waals surface area contributed by atoms with E-state index >= 15 is 0 Å². The van der Waals surface area contributed by atoms with Crippen LogP contribution < -0.4 is 11.3 Å². The molecule has 0 saturated heterocycles. The molecule has 0 fully saturated rings. The third-order valence-electron chi connectivity index (χ3n) is 2.85. The molecule has 2 aromatic heterocycles. The van der Waals surface area contributed by atoms with Crippen molar-refractivity contribution in [3.05, 3.63) is 46.9 Å². The van der Waals surface area contributed by atoms with Crippen LogP contribution in [0.4, 0.5) is 5.69 Å². The molecule has 0 amide bonds. The number of nitrogen functional groups attached to an aromatic ring is 1. The van der Waals surface area contributed by atoms with Gasteiger partial charge in [-0.1, -0.05) is 6.08 Å². The molecule has 2 heterocycles. The summed E-state index contributed by atoms with van der Waals surface area (Å²) in [6.45, 7) is 5.67. The molecule has 0 radical (unpaired) electrons. The molecule has 2 rings (SSSR count). The van der Waals surface area contributed by atoms with Crippen LogP contribution in [-0.2, 0) is 11.3 Å². The normalized spacial score (nSPS) is 10.4. The maximum atomic E-state index is 12.4. The van der Waals surface area contributed by atoms with Crippen molar-refractivity contribution in [2.45, 2.75) is 13.5 Å². The van der Waals surface area contributed by atoms with Crippen molar-refractivity contribution in [3.63, 3.8) is 0 Å². The second kappa shape index (κ2) is 5.56. The number of hydrogen-bond acceptors (Lipinski definition) is 5. The first kappa shape index (κ1) is 13.8. The van der Waals surface area contributed by atoms with E-state index in [2.05, 4.69) is 11.6 Å². The van der Waals surface area contributed by atoms with Crippen LogP contribution in [0.15, 0.2) is 35.8 Å². The summed E-state index contributed by atoms with van der Waals surface area (Å²) in [6.07, 6.45) is 3.12. The van der Waals surface area contributed by atoms with Crippen LogP contribution in [0.3, 0.4) is 0 Å². The summed E-state index contributed by atoms with van der Waals surface area (Å²) < 4.78 is 6.25. The Hall–Kier alpha value is -2.63. The van der Waals surface area contributed by atoms with Gasteiger partial charge in [-0.15, -0.1) is 6.58 Å². The van der Waals surface area contributed by atoms with Gasteiger partial charge < -0.3 is 10.5 Å². The number of aromatic nitrogens is 2. The number of hydrogen-bond donors (Lipinski definition) is 1. The number of carbonyl (C=O) groups is 1. The number of fused-ring (bicyclic) bond motifs is 1. The van der Waals surface area contributed by atoms with E-state index in [1.807, 2.05) is 0 Å². The van der Waals surface area contributed by atoms with Crippen LogP contribution in [0, 0.1) is 0 Å². The fraction of sp³-hybridized carbons (Fsp3) is 0.214. The average molecular weight is 273 g/mol. The number of nitrogens with zero attached hydrogens (tertiary/aromatic N) is 2. The van der Waals surface area contributed by atoms with Gasteiger partial charge in [-0.3, -0.25) is 9.36 Å². The lowest BCUT2D eigenvalue weighted by Crippen LogP contribution is -2.29. The van der Waals surface area contributed by atoms with Gasteiger partial charge in [-0.25, -0.2) is 9.78 Å². The molecule has 0 aliphatic carbocycles. The molecular formula is C14H15N3O3. The number of anilines is 1. The highest BCUT2D eigenvalue weighted by atomic mass is 16.5. The number of pyridine rings is 2. The first-order valence-electron chi connectivity index (χ1n) is 6.16. The van der Waals surface area contributed by atoms with Crippen LogP contribution in [0.2, 0.25) is 0 Å². The Kier molecular flexibility index (Phi) is 3.84. The van der Waals surface area contributed by atoms with E-state index in [0.29, 0.717) is 11.0 Å². The van der Waals surface area contributed by atoms with E-state index in [1.54, 1.807) is 31.3 Å². The summed E-state index contributed by atoms with van der Waals surface area (Å²) in [5.41, 5.74) is 5.77. The molecule has 0 aliphatic rings. The maximum absolute atomic E-state index is 12.4. The van der Waals surface area contributed by atoms with E-state index in [-0.39, 0.29) is 24.4 Å². The standard InChI is InChI=1S/C14H15N3O3/c1-3-8-17-12-9(6-5-7-16-12)11(15)10(13(17)18)14(19)20-4-2/h3,5-7H,1,4,8,15H2,2H3. The highest BCUT2D eigenvalue weighted by Crippen LogP contribution is 2.21. The summed E-state index contributed by atoms with van der Waals surface area (Å²) in [5, 5.41) is 0.539. The fourth-order valence-electron chi connectivity index (χ4n) is 2.00. The van der Waals surface area contributed by atoms with Crippen molar-refractivity contribution in [1.29, 1.82) is 0 Å². The molecule has 0 aromatic carbocycles. The largest absolute Gasteiger partial charge is 0.462 e. The van der Waals surface area contributed by atoms with Crippen molar-refractivity contribution in [2.75, 3.05) is 12.3 Å². The predicted octanol–water partition coefficient (Wildman–Crippen LogP) is 1.34. The average Bonchev–Trinajstić information content (AvgIpc) is 2.44. The first-order chi connectivity index (χ1) is 9.61. The van der Waals surface area contributed by atoms with Crippen molar-refractivity contribution in [3.8, 4) is 0 Å². The Balaban J connectivity index is 2.85. The van der Waals surface area contributed by atoms with Gasteiger partial charge in [0.05, 0.1) is 12.3 Å². The van der Waals surface area contributed by atoms with Gasteiger partial charge in [0, 0.05) is 18.1 Å². The van der Waals surface area contributed by atoms with Gasteiger partial charge in [0.2, 0.25) is 0 Å². The molecule has 0 aliphatic heterocycles. The second-order valence-electron chi connectivity index (χ2n) is 4.09. The topological polar surface area (TPSA) is 87.2 Å². The number of esters is 1. The molecule has 0 atom stereocenters. The van der Waals surface area contributed by atoms with E-state index in [9.17, 15) is 9.59 Å². The van der Waals surface area contributed by atoms with Crippen LogP contribution >= 0.6 is 0 Å². The third kappa shape index (κ3) is 2.16. The molecule has 6 heteroatoms. The molecule has 6 nitrogen and oxygen atoms in total. The number of rotatable bonds is 4. The van der Waals surface area contributed by atoms with E-state index in [4.69, 9.17) is 10.5 Å². The monoisotopic (exact) mass is 273 g/mol. The summed E-state index contributed by atoms with van der Waals surface area (Å²) in [7, 11) is 0. The van der Waals surface area contributed by atoms with Gasteiger partial charge in [-0.2, -0.15) is 0 Å². The van der Waals surface area contributed by atoms with Crippen LogP contribution in [-0.4, -0.2) is 22.1 Å². The Morgan fingerprint density at radius 3 is 3.00 bits per heavy atom. The summed E-state index contributed by atoms with van der Waals surface area (Å²) in [5.74, 6) is -0.724. The van der Waals surface area contributed by atoms with E-state index < -0.39 is 11.5 Å². The highest BCUT2D eigenvalue weighted by Gasteiger charge is 2.21. The smallest absolute Gasteiger partial charge is 0.345 e. The predicted molar refractivity (Wildman–Crippen MR) is 76.6 cm³/mol. The summed E-state index contributed by atoms with van der Waals surface area (Å²) in [4.78, 5) is 28.5. The Bertz CT molecular complexity index is 734. The zero-order chi connectivity index (χ0) is 14.7. The minimum absolute atomic E-state index is 0.0943. The molecule has 0 spiro atoms. The van der Waals surface area contributed by atoms with Gasteiger partial charge >= 0.3 is 5.97 Å². The zero-order valence-electron chi connectivity index (χ0n) is 11.1.